The Labute approximate surface area is 110 Å². The van der Waals surface area contributed by atoms with Gasteiger partial charge in [0.25, 0.3) is 0 Å². The maximum absolute atomic E-state index is 11.5. The largest absolute Gasteiger partial charge is 0.495 e. The molecular formula is C13H16BrNO2. The zero-order valence-electron chi connectivity index (χ0n) is 10.1. The van der Waals surface area contributed by atoms with Gasteiger partial charge in [0.1, 0.15) is 11.5 Å². The highest BCUT2D eigenvalue weighted by atomic mass is 79.9. The Hall–Kier alpha value is -1.03. The Kier molecular flexibility index (Phi) is 3.72. The lowest BCUT2D eigenvalue weighted by Crippen LogP contribution is -2.39. The molecule has 0 bridgehead atoms. The van der Waals surface area contributed by atoms with Crippen molar-refractivity contribution in [1.29, 1.82) is 0 Å². The van der Waals surface area contributed by atoms with E-state index < -0.39 is 0 Å². The lowest BCUT2D eigenvalue weighted by atomic mass is 9.98. The number of hydrogen-bond donors (Lipinski definition) is 0. The highest BCUT2D eigenvalue weighted by molar-refractivity contribution is 9.10. The topological polar surface area (TPSA) is 29.5 Å². The zero-order valence-corrected chi connectivity index (χ0v) is 11.7. The van der Waals surface area contributed by atoms with Gasteiger partial charge in [-0.15, -0.1) is 0 Å². The molecule has 1 heterocycles. The van der Waals surface area contributed by atoms with Gasteiger partial charge < -0.3 is 9.64 Å². The first-order chi connectivity index (χ1) is 8.11. The lowest BCUT2D eigenvalue weighted by Gasteiger charge is -2.32. The van der Waals surface area contributed by atoms with E-state index in [9.17, 15) is 4.79 Å². The molecule has 1 saturated heterocycles. The van der Waals surface area contributed by atoms with Crippen molar-refractivity contribution in [2.24, 2.45) is 5.92 Å². The Bertz CT molecular complexity index is 433. The van der Waals surface area contributed by atoms with Gasteiger partial charge in [-0.2, -0.15) is 0 Å². The summed E-state index contributed by atoms with van der Waals surface area (Å²) in [5.74, 6) is 1.32. The predicted octanol–water partition coefficient (Wildman–Crippen LogP) is 2.87. The van der Waals surface area contributed by atoms with Gasteiger partial charge in [0.15, 0.2) is 0 Å². The number of carbonyl (C=O) groups excluding carboxylic acids is 1. The molecule has 0 aromatic heterocycles. The minimum Gasteiger partial charge on any atom is -0.495 e. The number of ether oxygens (including phenoxy) is 1. The second-order valence-electron chi connectivity index (χ2n) is 4.38. The summed E-state index contributed by atoms with van der Waals surface area (Å²) in [6, 6.07) is 5.95. The van der Waals surface area contributed by atoms with Crippen molar-refractivity contribution in [3.05, 3.63) is 22.7 Å². The van der Waals surface area contributed by atoms with Gasteiger partial charge in [-0.3, -0.25) is 4.79 Å². The van der Waals surface area contributed by atoms with Gasteiger partial charge in [0.2, 0.25) is 0 Å². The van der Waals surface area contributed by atoms with Gasteiger partial charge in [-0.25, -0.2) is 0 Å². The molecule has 1 aromatic rings. The van der Waals surface area contributed by atoms with E-state index in [2.05, 4.69) is 20.8 Å². The van der Waals surface area contributed by atoms with Crippen LogP contribution in [0.1, 0.15) is 13.3 Å². The van der Waals surface area contributed by atoms with Crippen molar-refractivity contribution < 1.29 is 9.53 Å². The predicted molar refractivity (Wildman–Crippen MR) is 71.7 cm³/mol. The number of halogens is 1. The normalized spacial score (nSPS) is 20.5. The third-order valence-corrected chi connectivity index (χ3v) is 3.65. The molecule has 0 saturated carbocycles. The fourth-order valence-electron chi connectivity index (χ4n) is 2.14. The van der Waals surface area contributed by atoms with E-state index in [1.165, 1.54) is 0 Å². The highest BCUT2D eigenvalue weighted by Gasteiger charge is 2.25. The van der Waals surface area contributed by atoms with Crippen LogP contribution in [0.3, 0.4) is 0 Å². The summed E-state index contributed by atoms with van der Waals surface area (Å²) < 4.78 is 6.39. The van der Waals surface area contributed by atoms with E-state index in [0.717, 1.165) is 29.0 Å². The number of benzene rings is 1. The lowest BCUT2D eigenvalue weighted by molar-refractivity contribution is -0.122. The molecule has 0 radical (unpaired) electrons. The van der Waals surface area contributed by atoms with Crippen LogP contribution in [0.2, 0.25) is 0 Å². The average Bonchev–Trinajstić information content (AvgIpc) is 2.32. The maximum Gasteiger partial charge on any atom is 0.142 e. The van der Waals surface area contributed by atoms with Crippen LogP contribution in [0.5, 0.6) is 5.75 Å². The molecule has 0 amide bonds. The van der Waals surface area contributed by atoms with E-state index >= 15 is 0 Å². The molecule has 0 spiro atoms. The summed E-state index contributed by atoms with van der Waals surface area (Å²) >= 11 is 3.47. The van der Waals surface area contributed by atoms with Gasteiger partial charge in [-0.1, -0.05) is 22.9 Å². The summed E-state index contributed by atoms with van der Waals surface area (Å²) in [7, 11) is 1.67. The number of carbonyl (C=O) groups is 1. The van der Waals surface area contributed by atoms with E-state index in [-0.39, 0.29) is 5.92 Å². The van der Waals surface area contributed by atoms with E-state index in [1.807, 2.05) is 25.1 Å². The molecule has 17 heavy (non-hydrogen) atoms. The van der Waals surface area contributed by atoms with Crippen molar-refractivity contribution in [1.82, 2.24) is 0 Å². The fraction of sp³-hybridized carbons (Fsp3) is 0.462. The summed E-state index contributed by atoms with van der Waals surface area (Å²) in [6.07, 6.45) is 0.622. The van der Waals surface area contributed by atoms with Crippen LogP contribution < -0.4 is 9.64 Å². The van der Waals surface area contributed by atoms with Crippen molar-refractivity contribution in [3.63, 3.8) is 0 Å². The molecule has 0 aliphatic carbocycles. The Morgan fingerprint density at radius 3 is 2.88 bits per heavy atom. The molecule has 1 aromatic carbocycles. The molecule has 1 unspecified atom stereocenters. The third-order valence-electron chi connectivity index (χ3n) is 3.15. The molecule has 1 fully saturated rings. The van der Waals surface area contributed by atoms with Crippen molar-refractivity contribution in [2.75, 3.05) is 25.1 Å². The van der Waals surface area contributed by atoms with Crippen LogP contribution >= 0.6 is 15.9 Å². The SMILES string of the molecule is COc1ccc(Br)cc1N1CCC(=O)C(C)C1. The van der Waals surface area contributed by atoms with Crippen LogP contribution in [0.25, 0.3) is 0 Å². The Morgan fingerprint density at radius 2 is 2.24 bits per heavy atom. The van der Waals surface area contributed by atoms with E-state index in [1.54, 1.807) is 7.11 Å². The van der Waals surface area contributed by atoms with Crippen molar-refractivity contribution in [2.45, 2.75) is 13.3 Å². The number of ketones is 1. The summed E-state index contributed by atoms with van der Waals surface area (Å²) in [6.45, 7) is 3.53. The van der Waals surface area contributed by atoms with E-state index in [4.69, 9.17) is 4.74 Å². The summed E-state index contributed by atoms with van der Waals surface area (Å²) in [5, 5.41) is 0. The minimum absolute atomic E-state index is 0.104. The van der Waals surface area contributed by atoms with Crippen LogP contribution in [-0.4, -0.2) is 26.0 Å². The Morgan fingerprint density at radius 1 is 1.47 bits per heavy atom. The fourth-order valence-corrected chi connectivity index (χ4v) is 2.49. The number of methoxy groups -OCH3 is 1. The molecule has 0 N–H and O–H groups in total. The van der Waals surface area contributed by atoms with E-state index in [0.29, 0.717) is 12.2 Å². The first-order valence-corrected chi connectivity index (χ1v) is 6.52. The third kappa shape index (κ3) is 2.63. The second-order valence-corrected chi connectivity index (χ2v) is 5.30. The molecule has 92 valence electrons. The van der Waals surface area contributed by atoms with Gasteiger partial charge in [0.05, 0.1) is 12.8 Å². The van der Waals surface area contributed by atoms with Gasteiger partial charge >= 0.3 is 0 Å². The molecular weight excluding hydrogens is 282 g/mol. The quantitative estimate of drug-likeness (QED) is 0.841. The van der Waals surface area contributed by atoms with Crippen molar-refractivity contribution >= 4 is 27.4 Å². The number of hydrogen-bond acceptors (Lipinski definition) is 3. The molecule has 1 aliphatic heterocycles. The van der Waals surface area contributed by atoms with Crippen LogP contribution in [0.4, 0.5) is 5.69 Å². The molecule has 1 atom stereocenters. The number of Topliss-reactive ketones (excluding diaryl/α,β-unsaturated/α-hetero) is 1. The smallest absolute Gasteiger partial charge is 0.142 e. The first kappa shape index (κ1) is 12.4. The Balaban J connectivity index is 2.27. The standard InChI is InChI=1S/C13H16BrNO2/c1-9-8-15(6-5-12(9)16)11-7-10(14)3-4-13(11)17-2/h3-4,7,9H,5-6,8H2,1-2H3. The second kappa shape index (κ2) is 5.08. The molecule has 3 nitrogen and oxygen atoms in total. The molecule has 4 heteroatoms. The van der Waals surface area contributed by atoms with Crippen LogP contribution in [-0.2, 0) is 4.79 Å². The number of anilines is 1. The van der Waals surface area contributed by atoms with Crippen LogP contribution in [0.15, 0.2) is 22.7 Å². The number of piperidine rings is 1. The van der Waals surface area contributed by atoms with Gasteiger partial charge in [0, 0.05) is 29.9 Å². The highest BCUT2D eigenvalue weighted by Crippen LogP contribution is 2.33. The van der Waals surface area contributed by atoms with Crippen molar-refractivity contribution in [3.8, 4) is 5.75 Å². The zero-order chi connectivity index (χ0) is 12.4. The number of nitrogens with zero attached hydrogens (tertiary/aromatic N) is 1. The monoisotopic (exact) mass is 297 g/mol. The molecule has 2 rings (SSSR count). The summed E-state index contributed by atoms with van der Waals surface area (Å²) in [4.78, 5) is 13.7. The van der Waals surface area contributed by atoms with Gasteiger partial charge in [-0.05, 0) is 18.2 Å². The molecule has 1 aliphatic rings. The average molecular weight is 298 g/mol. The first-order valence-electron chi connectivity index (χ1n) is 5.73. The minimum atomic E-state index is 0.104. The number of rotatable bonds is 2. The maximum atomic E-state index is 11.5. The summed E-state index contributed by atoms with van der Waals surface area (Å²) in [5.41, 5.74) is 1.06. The van der Waals surface area contributed by atoms with Crippen LogP contribution in [0, 0.1) is 5.92 Å².